The van der Waals surface area contributed by atoms with Gasteiger partial charge in [-0.1, -0.05) is 24.3 Å². The van der Waals surface area contributed by atoms with Gasteiger partial charge in [0.25, 0.3) is 0 Å². The number of benzene rings is 2. The molecule has 7 N–H and O–H groups in total. The van der Waals surface area contributed by atoms with E-state index in [0.29, 0.717) is 5.56 Å². The van der Waals surface area contributed by atoms with Crippen molar-refractivity contribution in [3.05, 3.63) is 65.7 Å². The Kier molecular flexibility index (Phi) is 10.9. The molecule has 0 aliphatic carbocycles. The van der Waals surface area contributed by atoms with Crippen LogP contribution in [0.25, 0.3) is 6.08 Å². The number of ether oxygens (including phenoxy) is 6. The van der Waals surface area contributed by atoms with Gasteiger partial charge in [-0.05, 0) is 35.9 Å². The van der Waals surface area contributed by atoms with Crippen molar-refractivity contribution >= 4 is 18.0 Å². The lowest BCUT2D eigenvalue weighted by Crippen LogP contribution is -2.63. The predicted molar refractivity (Wildman–Crippen MR) is 146 cm³/mol. The Balaban J connectivity index is 1.50. The van der Waals surface area contributed by atoms with E-state index >= 15 is 0 Å². The van der Waals surface area contributed by atoms with Crippen LogP contribution in [0.4, 0.5) is 0 Å². The van der Waals surface area contributed by atoms with E-state index < -0.39 is 86.6 Å². The number of methoxy groups -OCH3 is 1. The van der Waals surface area contributed by atoms with Crippen molar-refractivity contribution in [1.29, 1.82) is 0 Å². The van der Waals surface area contributed by atoms with Gasteiger partial charge < -0.3 is 64.2 Å². The summed E-state index contributed by atoms with van der Waals surface area (Å²) in [5, 5.41) is 72.1. The Bertz CT molecular complexity index is 1300. The lowest BCUT2D eigenvalue weighted by molar-refractivity contribution is -0.383. The fourth-order valence-electron chi connectivity index (χ4n) is 4.70. The zero-order valence-electron chi connectivity index (χ0n) is 23.4. The summed E-state index contributed by atoms with van der Waals surface area (Å²) in [6, 6.07) is 12.2. The molecule has 15 nitrogen and oxygen atoms in total. The van der Waals surface area contributed by atoms with Crippen LogP contribution in [-0.4, -0.2) is 129 Å². The second kappa shape index (κ2) is 14.4. The van der Waals surface area contributed by atoms with Crippen LogP contribution >= 0.6 is 0 Å². The van der Waals surface area contributed by atoms with Crippen LogP contribution in [-0.2, 0) is 28.5 Å². The summed E-state index contributed by atoms with van der Waals surface area (Å²) in [6.45, 7) is -2.48. The molecule has 2 fully saturated rings. The zero-order chi connectivity index (χ0) is 32.0. The van der Waals surface area contributed by atoms with Crippen LogP contribution in [0.3, 0.4) is 0 Å². The second-order valence-corrected chi connectivity index (χ2v) is 10.0. The van der Waals surface area contributed by atoms with Crippen LogP contribution in [0.5, 0.6) is 11.5 Å². The first-order chi connectivity index (χ1) is 21.0. The molecular weight excluding hydrogens is 588 g/mol. The number of phenols is 1. The van der Waals surface area contributed by atoms with E-state index in [2.05, 4.69) is 0 Å². The molecule has 2 aromatic carbocycles. The van der Waals surface area contributed by atoms with E-state index in [1.807, 2.05) is 0 Å². The number of esters is 2. The Morgan fingerprint density at radius 2 is 1.68 bits per heavy atom. The fraction of sp³-hybridized carbons (Fsp3) is 0.448. The van der Waals surface area contributed by atoms with Crippen molar-refractivity contribution in [2.45, 2.75) is 54.8 Å². The van der Waals surface area contributed by atoms with E-state index in [0.717, 1.165) is 6.08 Å². The summed E-state index contributed by atoms with van der Waals surface area (Å²) in [6.07, 6.45) is -11.6. The smallest absolute Gasteiger partial charge is 0.338 e. The van der Waals surface area contributed by atoms with Gasteiger partial charge in [0, 0.05) is 6.08 Å². The minimum Gasteiger partial charge on any atom is -0.504 e. The summed E-state index contributed by atoms with van der Waals surface area (Å²) in [4.78, 5) is 25.1. The summed E-state index contributed by atoms with van der Waals surface area (Å²) < 4.78 is 32.4. The van der Waals surface area contributed by atoms with Gasteiger partial charge in [0.1, 0.15) is 49.8 Å². The summed E-state index contributed by atoms with van der Waals surface area (Å²) in [5.41, 5.74) is 0.639. The number of rotatable bonds is 11. The highest BCUT2D eigenvalue weighted by atomic mass is 16.8. The van der Waals surface area contributed by atoms with Crippen LogP contribution in [0, 0.1) is 0 Å². The van der Waals surface area contributed by atoms with Crippen LogP contribution < -0.4 is 4.74 Å². The van der Waals surface area contributed by atoms with Gasteiger partial charge in [-0.25, -0.2) is 9.59 Å². The molecule has 0 radical (unpaired) electrons. The molecule has 0 amide bonds. The number of hydrogen-bond acceptors (Lipinski definition) is 15. The third-order valence-corrected chi connectivity index (χ3v) is 7.11. The molecule has 240 valence electrons. The largest absolute Gasteiger partial charge is 0.504 e. The van der Waals surface area contributed by atoms with Crippen molar-refractivity contribution < 1.29 is 73.8 Å². The SMILES string of the molecule is COc1cc(/C=C/C(=O)O[C@H]2[C@H](O)[C@H](CO)O[C@@]2(CO)O[C@H]2O[C@H](COC(=O)c3ccccc3)[C@@H](O)[C@H](O)[C@H]2O)ccc1O. The second-order valence-electron chi connectivity index (χ2n) is 10.0. The summed E-state index contributed by atoms with van der Waals surface area (Å²) in [7, 11) is 1.34. The van der Waals surface area contributed by atoms with Gasteiger partial charge >= 0.3 is 11.9 Å². The number of carbonyl (C=O) groups excluding carboxylic acids is 2. The van der Waals surface area contributed by atoms with Crippen molar-refractivity contribution in [3.63, 3.8) is 0 Å². The van der Waals surface area contributed by atoms with Gasteiger partial charge in [-0.15, -0.1) is 0 Å². The number of hydrogen-bond donors (Lipinski definition) is 7. The van der Waals surface area contributed by atoms with Crippen LogP contribution in [0.1, 0.15) is 15.9 Å². The first-order valence-corrected chi connectivity index (χ1v) is 13.5. The van der Waals surface area contributed by atoms with E-state index in [4.69, 9.17) is 28.4 Å². The topological polar surface area (TPSA) is 231 Å². The molecule has 0 spiro atoms. The van der Waals surface area contributed by atoms with Crippen LogP contribution in [0.2, 0.25) is 0 Å². The van der Waals surface area contributed by atoms with Crippen LogP contribution in [0.15, 0.2) is 54.6 Å². The average Bonchev–Trinajstić information content (AvgIpc) is 3.30. The zero-order valence-corrected chi connectivity index (χ0v) is 23.4. The average molecular weight is 623 g/mol. The quantitative estimate of drug-likeness (QED) is 0.111. The van der Waals surface area contributed by atoms with Crippen molar-refractivity contribution in [2.75, 3.05) is 26.9 Å². The van der Waals surface area contributed by atoms with Crippen molar-refractivity contribution in [3.8, 4) is 11.5 Å². The molecule has 44 heavy (non-hydrogen) atoms. The highest BCUT2D eigenvalue weighted by Gasteiger charge is 2.60. The van der Waals surface area contributed by atoms with Crippen molar-refractivity contribution in [1.82, 2.24) is 0 Å². The third-order valence-electron chi connectivity index (χ3n) is 7.11. The molecule has 2 aromatic rings. The standard InChI is InChI=1S/C29H34O15/c1-39-18-11-15(7-9-17(18)32)8-10-21(33)42-26-23(35)19(12-30)43-29(26,14-31)44-28-25(37)24(36)22(34)20(41-28)13-40-27(38)16-5-3-2-4-6-16/h2-11,19-20,22-26,28,30-32,34-37H,12-14H2,1H3/b10-8+/t19-,20+,22+,23+,24-,25+,26-,28+,29-/m0/s1. The van der Waals surface area contributed by atoms with Gasteiger partial charge in [-0.2, -0.15) is 0 Å². The molecule has 0 aromatic heterocycles. The molecule has 2 heterocycles. The Labute approximate surface area is 251 Å². The lowest BCUT2D eigenvalue weighted by atomic mass is 9.98. The number of aliphatic hydroxyl groups is 6. The normalized spacial score (nSPS) is 32.0. The van der Waals surface area contributed by atoms with Gasteiger partial charge in [0.2, 0.25) is 5.79 Å². The molecule has 15 heteroatoms. The third kappa shape index (κ3) is 7.18. The number of carbonyl (C=O) groups is 2. The maximum Gasteiger partial charge on any atom is 0.338 e. The molecule has 2 saturated heterocycles. The predicted octanol–water partition coefficient (Wildman–Crippen LogP) is -1.55. The molecule has 2 aliphatic rings. The Morgan fingerprint density at radius 3 is 2.34 bits per heavy atom. The molecule has 0 bridgehead atoms. The van der Waals surface area contributed by atoms with Gasteiger partial charge in [-0.3, -0.25) is 0 Å². The van der Waals surface area contributed by atoms with Gasteiger partial charge in [0.15, 0.2) is 23.9 Å². The monoisotopic (exact) mass is 622 g/mol. The number of aromatic hydroxyl groups is 1. The van der Waals surface area contributed by atoms with Gasteiger partial charge in [0.05, 0.1) is 19.3 Å². The molecule has 0 saturated carbocycles. The van der Waals surface area contributed by atoms with E-state index in [1.165, 1.54) is 43.5 Å². The fourth-order valence-corrected chi connectivity index (χ4v) is 4.70. The maximum absolute atomic E-state index is 12.7. The molecule has 4 rings (SSSR count). The molecule has 0 unspecified atom stereocenters. The molecular formula is C29H34O15. The Hall–Kier alpha value is -3.64. The molecule has 9 atom stereocenters. The highest BCUT2D eigenvalue weighted by Crippen LogP contribution is 2.38. The first kappa shape index (κ1) is 33.3. The Morgan fingerprint density at radius 1 is 0.955 bits per heavy atom. The number of aliphatic hydroxyl groups excluding tert-OH is 6. The maximum atomic E-state index is 12.7. The molecule has 2 aliphatic heterocycles. The minimum absolute atomic E-state index is 0.125. The van der Waals surface area contributed by atoms with E-state index in [9.17, 15) is 45.3 Å². The number of phenolic OH excluding ortho intramolecular Hbond substituents is 1. The highest BCUT2D eigenvalue weighted by molar-refractivity contribution is 5.89. The van der Waals surface area contributed by atoms with Crippen molar-refractivity contribution in [2.24, 2.45) is 0 Å². The summed E-state index contributed by atoms with van der Waals surface area (Å²) in [5.74, 6) is -4.22. The summed E-state index contributed by atoms with van der Waals surface area (Å²) >= 11 is 0. The minimum atomic E-state index is -2.43. The van der Waals surface area contributed by atoms with E-state index in [-0.39, 0.29) is 17.1 Å². The first-order valence-electron chi connectivity index (χ1n) is 13.5. The van der Waals surface area contributed by atoms with E-state index in [1.54, 1.807) is 18.2 Å². The lowest BCUT2D eigenvalue weighted by Gasteiger charge is -2.43.